The number of hydrogen-bond donors (Lipinski definition) is 0. The first-order valence-electron chi connectivity index (χ1n) is 6.39. The van der Waals surface area contributed by atoms with Gasteiger partial charge in [0.15, 0.2) is 5.65 Å². The van der Waals surface area contributed by atoms with Gasteiger partial charge in [0.25, 0.3) is 0 Å². The van der Waals surface area contributed by atoms with Gasteiger partial charge in [0.1, 0.15) is 17.2 Å². The third kappa shape index (κ3) is 2.34. The van der Waals surface area contributed by atoms with Crippen molar-refractivity contribution in [2.24, 2.45) is 0 Å². The van der Waals surface area contributed by atoms with Gasteiger partial charge in [-0.2, -0.15) is 4.98 Å². The number of fused-ring (bicyclic) bond motifs is 1. The molecule has 108 valence electrons. The summed E-state index contributed by atoms with van der Waals surface area (Å²) < 4.78 is 20.4. The van der Waals surface area contributed by atoms with Crippen LogP contribution in [0.15, 0.2) is 30.3 Å². The summed E-state index contributed by atoms with van der Waals surface area (Å²) in [5.74, 6) is 1.12. The van der Waals surface area contributed by atoms with Gasteiger partial charge in [0.05, 0.1) is 13.0 Å². The van der Waals surface area contributed by atoms with E-state index in [1.54, 1.807) is 32.2 Å². The first-order chi connectivity index (χ1) is 10.1. The maximum Gasteiger partial charge on any atom is 0.215 e. The molecule has 0 saturated heterocycles. The highest BCUT2D eigenvalue weighted by Gasteiger charge is 2.14. The van der Waals surface area contributed by atoms with Crippen molar-refractivity contribution in [2.75, 3.05) is 7.11 Å². The first-order valence-corrected chi connectivity index (χ1v) is 6.92. The van der Waals surface area contributed by atoms with Gasteiger partial charge in [-0.05, 0) is 36.8 Å². The lowest BCUT2D eigenvalue weighted by Gasteiger charge is -2.09. The van der Waals surface area contributed by atoms with Gasteiger partial charge in [0.2, 0.25) is 5.88 Å². The molecule has 2 aromatic heterocycles. The second kappa shape index (κ2) is 5.33. The highest BCUT2D eigenvalue weighted by atomic mass is 35.5. The van der Waals surface area contributed by atoms with Crippen molar-refractivity contribution >= 4 is 22.8 Å². The molecular weight excluding hydrogens is 293 g/mol. The zero-order chi connectivity index (χ0) is 15.0. The third-order valence-electron chi connectivity index (χ3n) is 3.28. The monoisotopic (exact) mass is 305 g/mol. The number of alkyl halides is 1. The van der Waals surface area contributed by atoms with Crippen LogP contribution in [-0.2, 0) is 5.88 Å². The topological polar surface area (TPSA) is 39.9 Å². The molecule has 1 aromatic carbocycles. The van der Waals surface area contributed by atoms with Crippen molar-refractivity contribution in [1.29, 1.82) is 0 Å². The fraction of sp³-hybridized carbons (Fsp3) is 0.200. The van der Waals surface area contributed by atoms with Gasteiger partial charge in [-0.25, -0.2) is 9.37 Å². The average Bonchev–Trinajstić information content (AvgIpc) is 2.87. The Labute approximate surface area is 126 Å². The van der Waals surface area contributed by atoms with Crippen LogP contribution in [0.25, 0.3) is 16.9 Å². The average molecular weight is 306 g/mol. The van der Waals surface area contributed by atoms with Gasteiger partial charge in [-0.1, -0.05) is 0 Å². The molecule has 21 heavy (non-hydrogen) atoms. The summed E-state index contributed by atoms with van der Waals surface area (Å²) in [6.45, 7) is 1.71. The number of aryl methyl sites for hydroxylation is 1. The molecule has 2 heterocycles. The molecule has 4 nitrogen and oxygen atoms in total. The number of nitrogens with zero attached hydrogens (tertiary/aromatic N) is 3. The van der Waals surface area contributed by atoms with Gasteiger partial charge in [-0.15, -0.1) is 11.6 Å². The van der Waals surface area contributed by atoms with E-state index in [-0.39, 0.29) is 11.7 Å². The minimum absolute atomic E-state index is 0.231. The molecule has 0 aliphatic rings. The van der Waals surface area contributed by atoms with E-state index >= 15 is 0 Å². The van der Waals surface area contributed by atoms with Crippen LogP contribution >= 0.6 is 11.6 Å². The Kier molecular flexibility index (Phi) is 3.51. The molecule has 0 bridgehead atoms. The van der Waals surface area contributed by atoms with Crippen LogP contribution in [0.3, 0.4) is 0 Å². The van der Waals surface area contributed by atoms with E-state index < -0.39 is 0 Å². The lowest BCUT2D eigenvalue weighted by Crippen LogP contribution is -2.02. The Morgan fingerprint density at radius 1 is 1.24 bits per heavy atom. The lowest BCUT2D eigenvalue weighted by atomic mass is 10.2. The molecular formula is C15H13ClFN3O. The minimum Gasteiger partial charge on any atom is -0.481 e. The van der Waals surface area contributed by atoms with Gasteiger partial charge in [-0.3, -0.25) is 4.57 Å². The van der Waals surface area contributed by atoms with Crippen molar-refractivity contribution in [1.82, 2.24) is 14.5 Å². The maximum absolute atomic E-state index is 13.5. The van der Waals surface area contributed by atoms with Crippen molar-refractivity contribution in [3.63, 3.8) is 0 Å². The first kappa shape index (κ1) is 13.8. The molecule has 0 N–H and O–H groups in total. The molecule has 0 aliphatic heterocycles. The van der Waals surface area contributed by atoms with E-state index in [1.807, 2.05) is 10.6 Å². The van der Waals surface area contributed by atoms with E-state index in [1.165, 1.54) is 6.07 Å². The summed E-state index contributed by atoms with van der Waals surface area (Å²) in [7, 11) is 1.55. The Morgan fingerprint density at radius 3 is 2.71 bits per heavy atom. The van der Waals surface area contributed by atoms with Crippen LogP contribution in [0, 0.1) is 12.7 Å². The molecule has 6 heteroatoms. The number of halogens is 2. The van der Waals surface area contributed by atoms with Gasteiger partial charge >= 0.3 is 0 Å². The van der Waals surface area contributed by atoms with Crippen LogP contribution in [-0.4, -0.2) is 21.6 Å². The van der Waals surface area contributed by atoms with Crippen LogP contribution in [0.4, 0.5) is 4.39 Å². The molecule has 0 spiro atoms. The van der Waals surface area contributed by atoms with Gasteiger partial charge in [0, 0.05) is 11.8 Å². The summed E-state index contributed by atoms with van der Waals surface area (Å²) in [5.41, 5.74) is 2.68. The fourth-order valence-corrected chi connectivity index (χ4v) is 2.41. The summed E-state index contributed by atoms with van der Waals surface area (Å²) in [5, 5.41) is 0. The smallest absolute Gasteiger partial charge is 0.215 e. The number of aromatic nitrogens is 3. The fourth-order valence-electron chi connectivity index (χ4n) is 2.23. The third-order valence-corrected chi connectivity index (χ3v) is 3.52. The SMILES string of the molecule is COc1ccc2nc(CCl)n(-c3ccc(F)c(C)c3)c2n1. The molecule has 3 aromatic rings. The summed E-state index contributed by atoms with van der Waals surface area (Å²) in [6.07, 6.45) is 0. The second-order valence-electron chi connectivity index (χ2n) is 4.63. The molecule has 0 amide bonds. The zero-order valence-electron chi connectivity index (χ0n) is 11.6. The molecule has 0 atom stereocenters. The van der Waals surface area contributed by atoms with Crippen molar-refractivity contribution in [2.45, 2.75) is 12.8 Å². The van der Waals surface area contributed by atoms with Crippen LogP contribution < -0.4 is 4.74 Å². The van der Waals surface area contributed by atoms with Crippen LogP contribution in [0.1, 0.15) is 11.4 Å². The Morgan fingerprint density at radius 2 is 2.05 bits per heavy atom. The normalized spacial score (nSPS) is 11.0. The summed E-state index contributed by atoms with van der Waals surface area (Å²) >= 11 is 5.98. The van der Waals surface area contributed by atoms with E-state index in [4.69, 9.17) is 16.3 Å². The van der Waals surface area contributed by atoms with Crippen molar-refractivity contribution in [3.05, 3.63) is 47.5 Å². The number of imidazole rings is 1. The second-order valence-corrected chi connectivity index (χ2v) is 4.89. The number of benzene rings is 1. The molecule has 0 unspecified atom stereocenters. The maximum atomic E-state index is 13.5. The summed E-state index contributed by atoms with van der Waals surface area (Å²) in [6, 6.07) is 8.42. The zero-order valence-corrected chi connectivity index (χ0v) is 12.4. The molecule has 0 radical (unpaired) electrons. The van der Waals surface area contributed by atoms with Gasteiger partial charge < -0.3 is 4.74 Å². The summed E-state index contributed by atoms with van der Waals surface area (Å²) in [4.78, 5) is 8.87. The predicted octanol–water partition coefficient (Wildman–Crippen LogP) is 3.62. The van der Waals surface area contributed by atoms with Crippen LogP contribution in [0.2, 0.25) is 0 Å². The Hall–Kier alpha value is -2.14. The minimum atomic E-state index is -0.249. The van der Waals surface area contributed by atoms with E-state index in [9.17, 15) is 4.39 Å². The number of hydrogen-bond acceptors (Lipinski definition) is 3. The number of pyridine rings is 1. The van der Waals surface area contributed by atoms with E-state index in [2.05, 4.69) is 9.97 Å². The number of methoxy groups -OCH3 is 1. The number of ether oxygens (including phenoxy) is 1. The molecule has 0 aliphatic carbocycles. The van der Waals surface area contributed by atoms with E-state index in [0.717, 1.165) is 5.69 Å². The Bertz CT molecular complexity index is 816. The Balaban J connectivity index is 2.30. The molecule has 3 rings (SSSR count). The van der Waals surface area contributed by atoms with Crippen molar-refractivity contribution in [3.8, 4) is 11.6 Å². The highest BCUT2D eigenvalue weighted by molar-refractivity contribution is 6.16. The van der Waals surface area contributed by atoms with E-state index in [0.29, 0.717) is 28.4 Å². The standard InChI is InChI=1S/C15H13ClFN3O/c1-9-7-10(3-4-11(9)17)20-13(8-16)18-12-5-6-14(21-2)19-15(12)20/h3-7H,8H2,1-2H3. The number of rotatable bonds is 3. The molecule has 0 fully saturated rings. The van der Waals surface area contributed by atoms with Crippen molar-refractivity contribution < 1.29 is 9.13 Å². The highest BCUT2D eigenvalue weighted by Crippen LogP contribution is 2.24. The van der Waals surface area contributed by atoms with Crippen LogP contribution in [0.5, 0.6) is 5.88 Å². The molecule has 0 saturated carbocycles. The largest absolute Gasteiger partial charge is 0.481 e. The predicted molar refractivity (Wildman–Crippen MR) is 79.7 cm³/mol. The quantitative estimate of drug-likeness (QED) is 0.694. The lowest BCUT2D eigenvalue weighted by molar-refractivity contribution is 0.399.